The molecule has 2 N–H and O–H groups in total. The van der Waals surface area contributed by atoms with Gasteiger partial charge in [-0.05, 0) is 37.4 Å². The zero-order chi connectivity index (χ0) is 12.1. The van der Waals surface area contributed by atoms with Crippen LogP contribution in [0.4, 0.5) is 0 Å². The van der Waals surface area contributed by atoms with E-state index in [1.165, 1.54) is 37.9 Å². The van der Waals surface area contributed by atoms with E-state index in [1.807, 2.05) is 6.07 Å². The van der Waals surface area contributed by atoms with E-state index in [1.54, 1.807) is 0 Å². The van der Waals surface area contributed by atoms with Crippen molar-refractivity contribution in [2.75, 3.05) is 19.6 Å². The van der Waals surface area contributed by atoms with Gasteiger partial charge in [0, 0.05) is 12.6 Å². The Morgan fingerprint density at radius 3 is 2.47 bits per heavy atom. The minimum Gasteiger partial charge on any atom is -0.323 e. The molecule has 1 aromatic rings. The maximum absolute atomic E-state index is 6.25. The number of nitrogens with two attached hydrogens (primary N) is 1. The summed E-state index contributed by atoms with van der Waals surface area (Å²) >= 11 is 0. The predicted molar refractivity (Wildman–Crippen MR) is 72.8 cm³/mol. The van der Waals surface area contributed by atoms with Crippen molar-refractivity contribution >= 4 is 0 Å². The summed E-state index contributed by atoms with van der Waals surface area (Å²) < 4.78 is 0. The van der Waals surface area contributed by atoms with Crippen LogP contribution in [0.25, 0.3) is 0 Å². The molecular formula is C15H24N2. The van der Waals surface area contributed by atoms with Gasteiger partial charge in [-0.2, -0.15) is 0 Å². The van der Waals surface area contributed by atoms with E-state index >= 15 is 0 Å². The Balaban J connectivity index is 1.82. The number of likely N-dealkylation sites (tertiary alicyclic amines) is 1. The van der Waals surface area contributed by atoms with E-state index in [-0.39, 0.29) is 6.04 Å². The predicted octanol–water partition coefficient (Wildman–Crippen LogP) is 2.81. The second-order valence-electron chi connectivity index (χ2n) is 5.17. The molecule has 0 aromatic heterocycles. The van der Waals surface area contributed by atoms with Crippen LogP contribution in [-0.4, -0.2) is 24.5 Å². The van der Waals surface area contributed by atoms with Crippen molar-refractivity contribution in [3.05, 3.63) is 35.9 Å². The molecule has 0 spiro atoms. The van der Waals surface area contributed by atoms with Gasteiger partial charge >= 0.3 is 0 Å². The van der Waals surface area contributed by atoms with Crippen LogP contribution in [0.15, 0.2) is 30.3 Å². The molecular weight excluding hydrogens is 208 g/mol. The van der Waals surface area contributed by atoms with Crippen LogP contribution in [0.3, 0.4) is 0 Å². The Morgan fingerprint density at radius 1 is 1.24 bits per heavy atom. The zero-order valence-electron chi connectivity index (χ0n) is 10.8. The number of hydrogen-bond donors (Lipinski definition) is 1. The highest BCUT2D eigenvalue weighted by Crippen LogP contribution is 2.21. The molecule has 0 amide bonds. The SMILES string of the molecule is CCC1CCN(CC(N)c2ccccc2)CC1. The minimum absolute atomic E-state index is 0.161. The van der Waals surface area contributed by atoms with Gasteiger partial charge in [0.1, 0.15) is 0 Å². The molecule has 1 aliphatic rings. The second kappa shape index (κ2) is 6.18. The third-order valence-corrected chi connectivity index (χ3v) is 3.97. The highest BCUT2D eigenvalue weighted by atomic mass is 15.1. The van der Waals surface area contributed by atoms with Gasteiger partial charge in [0.05, 0.1) is 0 Å². The van der Waals surface area contributed by atoms with E-state index in [4.69, 9.17) is 5.73 Å². The molecule has 94 valence electrons. The Hall–Kier alpha value is -0.860. The Bertz CT molecular complexity index is 315. The van der Waals surface area contributed by atoms with Crippen LogP contribution in [-0.2, 0) is 0 Å². The molecule has 0 radical (unpaired) electrons. The molecule has 0 aliphatic carbocycles. The maximum atomic E-state index is 6.25. The van der Waals surface area contributed by atoms with Gasteiger partial charge in [0.2, 0.25) is 0 Å². The van der Waals surface area contributed by atoms with Crippen molar-refractivity contribution < 1.29 is 0 Å². The quantitative estimate of drug-likeness (QED) is 0.865. The molecule has 1 aliphatic heterocycles. The molecule has 1 saturated heterocycles. The lowest BCUT2D eigenvalue weighted by Crippen LogP contribution is -2.38. The molecule has 1 aromatic carbocycles. The summed E-state index contributed by atoms with van der Waals surface area (Å²) in [5.41, 5.74) is 7.51. The standard InChI is InChI=1S/C15H24N2/c1-2-13-8-10-17(11-9-13)12-15(16)14-6-4-3-5-7-14/h3-7,13,15H,2,8-12,16H2,1H3. The summed E-state index contributed by atoms with van der Waals surface area (Å²) in [6.45, 7) is 5.74. The molecule has 1 unspecified atom stereocenters. The third-order valence-electron chi connectivity index (χ3n) is 3.97. The van der Waals surface area contributed by atoms with Gasteiger partial charge in [-0.25, -0.2) is 0 Å². The average molecular weight is 232 g/mol. The zero-order valence-corrected chi connectivity index (χ0v) is 10.8. The van der Waals surface area contributed by atoms with E-state index in [2.05, 4.69) is 36.1 Å². The van der Waals surface area contributed by atoms with Crippen LogP contribution >= 0.6 is 0 Å². The lowest BCUT2D eigenvalue weighted by molar-refractivity contribution is 0.173. The van der Waals surface area contributed by atoms with Gasteiger partial charge in [0.15, 0.2) is 0 Å². The summed E-state index contributed by atoms with van der Waals surface area (Å²) in [6, 6.07) is 10.6. The molecule has 0 bridgehead atoms. The van der Waals surface area contributed by atoms with Crippen molar-refractivity contribution in [1.29, 1.82) is 0 Å². The van der Waals surface area contributed by atoms with E-state index < -0.39 is 0 Å². The normalized spacial score (nSPS) is 20.4. The summed E-state index contributed by atoms with van der Waals surface area (Å²) in [6.07, 6.45) is 4.02. The van der Waals surface area contributed by atoms with Crippen LogP contribution < -0.4 is 5.73 Å². The average Bonchev–Trinajstić information content (AvgIpc) is 2.40. The molecule has 1 atom stereocenters. The monoisotopic (exact) mass is 232 g/mol. The van der Waals surface area contributed by atoms with Gasteiger partial charge in [0.25, 0.3) is 0 Å². The van der Waals surface area contributed by atoms with E-state index in [9.17, 15) is 0 Å². The van der Waals surface area contributed by atoms with Crippen molar-refractivity contribution in [3.63, 3.8) is 0 Å². The number of nitrogens with zero attached hydrogens (tertiary/aromatic N) is 1. The van der Waals surface area contributed by atoms with Gasteiger partial charge < -0.3 is 10.6 Å². The van der Waals surface area contributed by atoms with E-state index in [0.717, 1.165) is 12.5 Å². The fourth-order valence-electron chi connectivity index (χ4n) is 2.66. The fraction of sp³-hybridized carbons (Fsp3) is 0.600. The molecule has 1 fully saturated rings. The second-order valence-corrected chi connectivity index (χ2v) is 5.17. The molecule has 0 saturated carbocycles. The largest absolute Gasteiger partial charge is 0.323 e. The fourth-order valence-corrected chi connectivity index (χ4v) is 2.66. The summed E-state index contributed by atoms with van der Waals surface area (Å²) in [7, 11) is 0. The minimum atomic E-state index is 0.161. The van der Waals surface area contributed by atoms with Crippen LogP contribution in [0.5, 0.6) is 0 Å². The first-order valence-electron chi connectivity index (χ1n) is 6.82. The van der Waals surface area contributed by atoms with Crippen LogP contribution in [0.1, 0.15) is 37.8 Å². The highest BCUT2D eigenvalue weighted by molar-refractivity contribution is 5.18. The highest BCUT2D eigenvalue weighted by Gasteiger charge is 2.19. The Kier molecular flexibility index (Phi) is 4.57. The van der Waals surface area contributed by atoms with Crippen molar-refractivity contribution in [2.45, 2.75) is 32.2 Å². The van der Waals surface area contributed by atoms with Gasteiger partial charge in [-0.15, -0.1) is 0 Å². The summed E-state index contributed by atoms with van der Waals surface area (Å²) in [4.78, 5) is 2.52. The molecule has 17 heavy (non-hydrogen) atoms. The van der Waals surface area contributed by atoms with Gasteiger partial charge in [-0.1, -0.05) is 43.7 Å². The number of piperidine rings is 1. The number of benzene rings is 1. The molecule has 2 heteroatoms. The lowest BCUT2D eigenvalue weighted by atomic mass is 9.94. The van der Waals surface area contributed by atoms with Crippen molar-refractivity contribution in [2.24, 2.45) is 11.7 Å². The smallest absolute Gasteiger partial charge is 0.0424 e. The van der Waals surface area contributed by atoms with Crippen LogP contribution in [0.2, 0.25) is 0 Å². The van der Waals surface area contributed by atoms with Gasteiger partial charge in [-0.3, -0.25) is 0 Å². The Labute approximate surface area is 105 Å². The summed E-state index contributed by atoms with van der Waals surface area (Å²) in [5.74, 6) is 0.944. The first kappa shape index (κ1) is 12.6. The molecule has 2 rings (SSSR count). The lowest BCUT2D eigenvalue weighted by Gasteiger charge is -2.33. The third kappa shape index (κ3) is 3.55. The Morgan fingerprint density at radius 2 is 1.88 bits per heavy atom. The topological polar surface area (TPSA) is 29.3 Å². The van der Waals surface area contributed by atoms with Crippen molar-refractivity contribution in [3.8, 4) is 0 Å². The first-order chi connectivity index (χ1) is 8.29. The van der Waals surface area contributed by atoms with E-state index in [0.29, 0.717) is 0 Å². The van der Waals surface area contributed by atoms with Crippen LogP contribution in [0, 0.1) is 5.92 Å². The molecule has 1 heterocycles. The number of rotatable bonds is 4. The maximum Gasteiger partial charge on any atom is 0.0424 e. The summed E-state index contributed by atoms with van der Waals surface area (Å²) in [5, 5.41) is 0. The van der Waals surface area contributed by atoms with Crippen molar-refractivity contribution in [1.82, 2.24) is 4.90 Å². The first-order valence-corrected chi connectivity index (χ1v) is 6.82. The number of hydrogen-bond acceptors (Lipinski definition) is 2. The molecule has 2 nitrogen and oxygen atoms in total.